The van der Waals surface area contributed by atoms with E-state index in [2.05, 4.69) is 78.5 Å². The topological polar surface area (TPSA) is 15.6 Å². The standard InChI is InChI=1S/C24H22N2/c1-4-18-9-8-14-25-15-16-26(18)23-13-12-22-21-11-7-6-10-20(21)17(3)24(22)19(23)5-2/h4-14H,2-3,15-16H2,1H3/b9-8-,18-4-,25-14?. The molecule has 2 aliphatic rings. The molecule has 4 rings (SSSR count). The van der Waals surface area contributed by atoms with E-state index in [9.17, 15) is 0 Å². The number of nitrogens with zero attached hydrogens (tertiary/aromatic N) is 2. The van der Waals surface area contributed by atoms with Crippen molar-refractivity contribution < 1.29 is 0 Å². The summed E-state index contributed by atoms with van der Waals surface area (Å²) in [5.41, 5.74) is 9.45. The molecule has 1 aliphatic heterocycles. The van der Waals surface area contributed by atoms with E-state index < -0.39 is 0 Å². The van der Waals surface area contributed by atoms with Crippen molar-refractivity contribution in [1.29, 1.82) is 0 Å². The molecule has 0 aromatic heterocycles. The van der Waals surface area contributed by atoms with Gasteiger partial charge in [-0.3, -0.25) is 4.99 Å². The molecule has 0 saturated carbocycles. The van der Waals surface area contributed by atoms with Gasteiger partial charge in [0.15, 0.2) is 0 Å². The number of allylic oxidation sites excluding steroid dienone is 3. The lowest BCUT2D eigenvalue weighted by Crippen LogP contribution is -2.26. The first kappa shape index (κ1) is 16.3. The maximum absolute atomic E-state index is 4.43. The number of rotatable bonds is 2. The quantitative estimate of drug-likeness (QED) is 0.583. The van der Waals surface area contributed by atoms with Crippen LogP contribution in [0.25, 0.3) is 22.8 Å². The van der Waals surface area contributed by atoms with Crippen LogP contribution in [0, 0.1) is 0 Å². The van der Waals surface area contributed by atoms with Crippen molar-refractivity contribution in [3.8, 4) is 11.1 Å². The minimum absolute atomic E-state index is 0.760. The van der Waals surface area contributed by atoms with Gasteiger partial charge >= 0.3 is 0 Å². The third-order valence-corrected chi connectivity index (χ3v) is 5.08. The van der Waals surface area contributed by atoms with E-state index in [1.54, 1.807) is 0 Å². The van der Waals surface area contributed by atoms with Gasteiger partial charge in [0.2, 0.25) is 0 Å². The van der Waals surface area contributed by atoms with Crippen molar-refractivity contribution in [2.24, 2.45) is 4.99 Å². The molecule has 0 radical (unpaired) electrons. The van der Waals surface area contributed by atoms with Gasteiger partial charge in [-0.15, -0.1) is 0 Å². The molecule has 0 saturated heterocycles. The molecule has 26 heavy (non-hydrogen) atoms. The van der Waals surface area contributed by atoms with Crippen molar-refractivity contribution in [2.45, 2.75) is 6.92 Å². The Morgan fingerprint density at radius 1 is 1.08 bits per heavy atom. The van der Waals surface area contributed by atoms with Gasteiger partial charge in [0.25, 0.3) is 0 Å². The normalized spacial score (nSPS) is 18.3. The van der Waals surface area contributed by atoms with E-state index in [0.29, 0.717) is 0 Å². The smallest absolute Gasteiger partial charge is 0.0569 e. The van der Waals surface area contributed by atoms with E-state index in [1.807, 2.05) is 18.4 Å². The van der Waals surface area contributed by atoms with Crippen LogP contribution in [0.3, 0.4) is 0 Å². The van der Waals surface area contributed by atoms with E-state index in [0.717, 1.165) is 29.9 Å². The fourth-order valence-electron chi connectivity index (χ4n) is 3.88. The molecule has 1 aliphatic carbocycles. The van der Waals surface area contributed by atoms with Gasteiger partial charge < -0.3 is 4.90 Å². The highest BCUT2D eigenvalue weighted by Crippen LogP contribution is 2.47. The molecule has 1 heterocycles. The summed E-state index contributed by atoms with van der Waals surface area (Å²) in [5.74, 6) is 0. The van der Waals surface area contributed by atoms with Crippen molar-refractivity contribution in [3.05, 3.63) is 90.2 Å². The molecule has 128 valence electrons. The number of anilines is 1. The van der Waals surface area contributed by atoms with Gasteiger partial charge in [0, 0.05) is 29.7 Å². The summed E-state index contributed by atoms with van der Waals surface area (Å²) in [6.45, 7) is 12.2. The highest BCUT2D eigenvalue weighted by atomic mass is 15.2. The fourth-order valence-corrected chi connectivity index (χ4v) is 3.88. The maximum Gasteiger partial charge on any atom is 0.0569 e. The Hall–Kier alpha value is -3.13. The summed E-state index contributed by atoms with van der Waals surface area (Å²) in [6, 6.07) is 12.9. The Kier molecular flexibility index (Phi) is 4.18. The Labute approximate surface area is 155 Å². The number of fused-ring (bicyclic) bond motifs is 3. The third kappa shape index (κ3) is 2.46. The lowest BCUT2D eigenvalue weighted by atomic mass is 9.96. The van der Waals surface area contributed by atoms with Gasteiger partial charge in [0.1, 0.15) is 0 Å². The van der Waals surface area contributed by atoms with Crippen LogP contribution in [-0.2, 0) is 0 Å². The SMILES string of the molecule is C=Cc1c(N2CCN=C/C=C\C2=C\C)ccc2c1C(=C)c1ccccc1-2. The summed E-state index contributed by atoms with van der Waals surface area (Å²) in [4.78, 5) is 6.75. The highest BCUT2D eigenvalue weighted by Gasteiger charge is 2.26. The summed E-state index contributed by atoms with van der Waals surface area (Å²) in [5, 5.41) is 0. The highest BCUT2D eigenvalue weighted by molar-refractivity contribution is 6.04. The zero-order valence-corrected chi connectivity index (χ0v) is 15.1. The van der Waals surface area contributed by atoms with Crippen LogP contribution in [0.5, 0.6) is 0 Å². The van der Waals surface area contributed by atoms with Crippen LogP contribution in [0.2, 0.25) is 0 Å². The minimum Gasteiger partial charge on any atom is -0.339 e. The predicted octanol–water partition coefficient (Wildman–Crippen LogP) is 5.72. The Morgan fingerprint density at radius 3 is 2.65 bits per heavy atom. The van der Waals surface area contributed by atoms with Crippen LogP contribution in [0.4, 0.5) is 5.69 Å². The van der Waals surface area contributed by atoms with E-state index in [-0.39, 0.29) is 0 Å². The molecule has 2 heteroatoms. The van der Waals surface area contributed by atoms with E-state index in [1.165, 1.54) is 28.0 Å². The molecule has 0 spiro atoms. The average molecular weight is 338 g/mol. The van der Waals surface area contributed by atoms with Crippen molar-refractivity contribution in [3.63, 3.8) is 0 Å². The molecule has 2 aromatic rings. The number of aliphatic imine (C=N–C) groups is 1. The number of hydrogen-bond acceptors (Lipinski definition) is 2. The zero-order chi connectivity index (χ0) is 18.1. The first-order chi connectivity index (χ1) is 12.8. The molecule has 2 aromatic carbocycles. The van der Waals surface area contributed by atoms with Gasteiger partial charge in [-0.05, 0) is 53.0 Å². The Bertz CT molecular complexity index is 989. The molecule has 0 unspecified atom stereocenters. The Morgan fingerprint density at radius 2 is 1.88 bits per heavy atom. The monoisotopic (exact) mass is 338 g/mol. The van der Waals surface area contributed by atoms with Crippen molar-refractivity contribution >= 4 is 23.6 Å². The third-order valence-electron chi connectivity index (χ3n) is 5.08. The molecule has 0 bridgehead atoms. The van der Waals surface area contributed by atoms with Crippen LogP contribution in [0.15, 0.2) is 78.5 Å². The minimum atomic E-state index is 0.760. The predicted molar refractivity (Wildman–Crippen MR) is 114 cm³/mol. The largest absolute Gasteiger partial charge is 0.339 e. The second-order valence-electron chi connectivity index (χ2n) is 6.43. The molecule has 0 fully saturated rings. The second kappa shape index (κ2) is 6.64. The molecular weight excluding hydrogens is 316 g/mol. The van der Waals surface area contributed by atoms with Crippen LogP contribution < -0.4 is 4.90 Å². The molecule has 0 N–H and O–H groups in total. The zero-order valence-electron chi connectivity index (χ0n) is 15.1. The van der Waals surface area contributed by atoms with Gasteiger partial charge in [0.05, 0.1) is 6.54 Å². The van der Waals surface area contributed by atoms with Gasteiger partial charge in [-0.1, -0.05) is 55.6 Å². The van der Waals surface area contributed by atoms with Crippen molar-refractivity contribution in [1.82, 2.24) is 0 Å². The van der Waals surface area contributed by atoms with Crippen LogP contribution >= 0.6 is 0 Å². The summed E-state index contributed by atoms with van der Waals surface area (Å²) >= 11 is 0. The molecule has 0 amide bonds. The molecule has 2 nitrogen and oxygen atoms in total. The first-order valence-corrected chi connectivity index (χ1v) is 8.95. The van der Waals surface area contributed by atoms with Crippen LogP contribution in [-0.4, -0.2) is 19.3 Å². The number of hydrogen-bond donors (Lipinski definition) is 0. The lowest BCUT2D eigenvalue weighted by molar-refractivity contribution is 0.891. The fraction of sp³-hybridized carbons (Fsp3) is 0.125. The Balaban J connectivity index is 1.90. The summed E-state index contributed by atoms with van der Waals surface area (Å²) in [6.07, 6.45) is 10.1. The summed E-state index contributed by atoms with van der Waals surface area (Å²) < 4.78 is 0. The van der Waals surface area contributed by atoms with Crippen molar-refractivity contribution in [2.75, 3.05) is 18.0 Å². The average Bonchev–Trinajstić information content (AvgIpc) is 2.94. The number of benzene rings is 2. The second-order valence-corrected chi connectivity index (χ2v) is 6.43. The molecular formula is C24H22N2. The van der Waals surface area contributed by atoms with Crippen LogP contribution in [0.1, 0.15) is 23.6 Å². The molecule has 0 atom stereocenters. The lowest BCUT2D eigenvalue weighted by Gasteiger charge is -2.29. The van der Waals surface area contributed by atoms with E-state index in [4.69, 9.17) is 0 Å². The maximum atomic E-state index is 4.43. The first-order valence-electron chi connectivity index (χ1n) is 8.95. The van der Waals surface area contributed by atoms with E-state index >= 15 is 0 Å². The van der Waals surface area contributed by atoms with Gasteiger partial charge in [-0.25, -0.2) is 0 Å². The van der Waals surface area contributed by atoms with Gasteiger partial charge in [-0.2, -0.15) is 0 Å². The summed E-state index contributed by atoms with van der Waals surface area (Å²) in [7, 11) is 0.